The van der Waals surface area contributed by atoms with E-state index < -0.39 is 5.97 Å². The Hall–Kier alpha value is -2.57. The van der Waals surface area contributed by atoms with Crippen LogP contribution in [0.15, 0.2) is 23.0 Å². The topological polar surface area (TPSA) is 73.5 Å². The Bertz CT molecular complexity index is 787. The van der Waals surface area contributed by atoms with Gasteiger partial charge in [-0.05, 0) is 12.1 Å². The Morgan fingerprint density at radius 3 is 2.80 bits per heavy atom. The van der Waals surface area contributed by atoms with E-state index in [4.69, 9.17) is 0 Å². The van der Waals surface area contributed by atoms with E-state index in [1.54, 1.807) is 25.2 Å². The zero-order chi connectivity index (χ0) is 14.4. The number of esters is 1. The number of carbonyl (C=O) groups excluding carboxylic acids is 2. The summed E-state index contributed by atoms with van der Waals surface area (Å²) in [6.45, 7) is -0.183. The Morgan fingerprint density at radius 2 is 2.10 bits per heavy atom. The molecule has 2 heterocycles. The molecule has 0 fully saturated rings. The zero-order valence-corrected chi connectivity index (χ0v) is 11.1. The fourth-order valence-electron chi connectivity index (χ4n) is 2.50. The molecule has 1 aliphatic heterocycles. The van der Waals surface area contributed by atoms with Crippen LogP contribution < -0.4 is 10.6 Å². The molecule has 3 rings (SSSR count). The Labute approximate surface area is 114 Å². The van der Waals surface area contributed by atoms with Gasteiger partial charge in [0.05, 0.1) is 23.8 Å². The second-order valence-electron chi connectivity index (χ2n) is 4.63. The average molecular weight is 275 g/mol. The lowest BCUT2D eigenvalue weighted by Gasteiger charge is -2.23. The normalized spacial score (nSPS) is 13.9. The van der Waals surface area contributed by atoms with Crippen LogP contribution in [0.25, 0.3) is 11.0 Å². The van der Waals surface area contributed by atoms with Crippen LogP contribution in [0.4, 0.5) is 5.69 Å². The van der Waals surface area contributed by atoms with Crippen molar-refractivity contribution in [1.82, 2.24) is 9.13 Å². The number of methoxy groups -OCH3 is 1. The van der Waals surface area contributed by atoms with Gasteiger partial charge in [-0.3, -0.25) is 18.7 Å². The highest BCUT2D eigenvalue weighted by Crippen LogP contribution is 2.29. The fraction of sp³-hybridized carbons (Fsp3) is 0.308. The molecule has 0 saturated carbocycles. The van der Waals surface area contributed by atoms with Crippen molar-refractivity contribution in [2.75, 3.05) is 19.1 Å². The standard InChI is InChI=1S/C13H13N3O4/c1-14-8-4-3-5-9-12(8)16(6-10(14)17)13(19)15(9)7-11(18)20-2/h3-5H,6-7H2,1-2H3. The van der Waals surface area contributed by atoms with Gasteiger partial charge < -0.3 is 9.64 Å². The number of benzene rings is 1. The first-order valence-corrected chi connectivity index (χ1v) is 6.10. The molecule has 0 radical (unpaired) electrons. The molecule has 104 valence electrons. The number of rotatable bonds is 2. The van der Waals surface area contributed by atoms with Gasteiger partial charge in [0.1, 0.15) is 13.1 Å². The van der Waals surface area contributed by atoms with Gasteiger partial charge >= 0.3 is 11.7 Å². The quantitative estimate of drug-likeness (QED) is 0.720. The van der Waals surface area contributed by atoms with Crippen LogP contribution in [0.2, 0.25) is 0 Å². The van der Waals surface area contributed by atoms with Crippen LogP contribution in [0.1, 0.15) is 0 Å². The number of amides is 1. The number of imidazole rings is 1. The number of hydrogen-bond acceptors (Lipinski definition) is 4. The molecule has 2 aromatic rings. The fourth-order valence-corrected chi connectivity index (χ4v) is 2.50. The van der Waals surface area contributed by atoms with Crippen molar-refractivity contribution in [3.63, 3.8) is 0 Å². The summed E-state index contributed by atoms with van der Waals surface area (Å²) in [4.78, 5) is 37.2. The van der Waals surface area contributed by atoms with Crippen LogP contribution in [-0.4, -0.2) is 35.2 Å². The van der Waals surface area contributed by atoms with E-state index in [0.29, 0.717) is 16.7 Å². The molecule has 1 aromatic carbocycles. The molecule has 1 aliphatic rings. The summed E-state index contributed by atoms with van der Waals surface area (Å²) in [5.41, 5.74) is 1.58. The highest BCUT2D eigenvalue weighted by atomic mass is 16.5. The first-order valence-electron chi connectivity index (χ1n) is 6.10. The minimum Gasteiger partial charge on any atom is -0.468 e. The lowest BCUT2D eigenvalue weighted by atomic mass is 10.2. The summed E-state index contributed by atoms with van der Waals surface area (Å²) in [5.74, 6) is -0.668. The lowest BCUT2D eigenvalue weighted by Crippen LogP contribution is -2.38. The number of ether oxygens (including phenoxy) is 1. The molecule has 0 atom stereocenters. The Balaban J connectivity index is 2.31. The second-order valence-corrected chi connectivity index (χ2v) is 4.63. The second kappa shape index (κ2) is 4.22. The number of anilines is 1. The molecule has 1 aromatic heterocycles. The van der Waals surface area contributed by atoms with E-state index in [2.05, 4.69) is 4.74 Å². The van der Waals surface area contributed by atoms with Gasteiger partial charge in [-0.1, -0.05) is 6.07 Å². The summed E-state index contributed by atoms with van der Waals surface area (Å²) in [5, 5.41) is 0. The monoisotopic (exact) mass is 275 g/mol. The molecule has 7 nitrogen and oxygen atoms in total. The summed E-state index contributed by atoms with van der Waals surface area (Å²) in [7, 11) is 2.94. The van der Waals surface area contributed by atoms with E-state index in [1.807, 2.05) is 0 Å². The molecule has 0 saturated heterocycles. The third-order valence-corrected chi connectivity index (χ3v) is 3.56. The van der Waals surface area contributed by atoms with Crippen molar-refractivity contribution < 1.29 is 14.3 Å². The van der Waals surface area contributed by atoms with Gasteiger partial charge in [0.2, 0.25) is 5.91 Å². The lowest BCUT2D eigenvalue weighted by molar-refractivity contribution is -0.141. The van der Waals surface area contributed by atoms with Gasteiger partial charge in [0.25, 0.3) is 0 Å². The van der Waals surface area contributed by atoms with E-state index in [1.165, 1.54) is 21.1 Å². The minimum atomic E-state index is -0.504. The number of aromatic nitrogens is 2. The molecular formula is C13H13N3O4. The van der Waals surface area contributed by atoms with E-state index in [-0.39, 0.29) is 24.7 Å². The Kier molecular flexibility index (Phi) is 2.63. The minimum absolute atomic E-state index is 0.0168. The first-order chi connectivity index (χ1) is 9.54. The van der Waals surface area contributed by atoms with Gasteiger partial charge in [0, 0.05) is 7.05 Å². The van der Waals surface area contributed by atoms with E-state index in [0.717, 1.165) is 0 Å². The van der Waals surface area contributed by atoms with Crippen molar-refractivity contribution in [3.05, 3.63) is 28.7 Å². The number of hydrogen-bond donors (Lipinski definition) is 0. The molecule has 0 aliphatic carbocycles. The average Bonchev–Trinajstić information content (AvgIpc) is 2.71. The molecule has 0 bridgehead atoms. The van der Waals surface area contributed by atoms with Gasteiger partial charge in [-0.15, -0.1) is 0 Å². The van der Waals surface area contributed by atoms with E-state index in [9.17, 15) is 14.4 Å². The molecule has 0 unspecified atom stereocenters. The largest absolute Gasteiger partial charge is 0.468 e. The van der Waals surface area contributed by atoms with Crippen molar-refractivity contribution in [3.8, 4) is 0 Å². The summed E-state index contributed by atoms with van der Waals surface area (Å²) < 4.78 is 7.33. The van der Waals surface area contributed by atoms with Crippen LogP contribution in [0.3, 0.4) is 0 Å². The van der Waals surface area contributed by atoms with Crippen LogP contribution in [0, 0.1) is 0 Å². The van der Waals surface area contributed by atoms with Gasteiger partial charge in [0.15, 0.2) is 0 Å². The predicted octanol–water partition coefficient (Wildman–Crippen LogP) is -0.0476. The molecule has 0 N–H and O–H groups in total. The highest BCUT2D eigenvalue weighted by Gasteiger charge is 2.27. The Morgan fingerprint density at radius 1 is 1.35 bits per heavy atom. The van der Waals surface area contributed by atoms with E-state index >= 15 is 0 Å². The first kappa shape index (κ1) is 12.5. The van der Waals surface area contributed by atoms with Crippen LogP contribution in [0.5, 0.6) is 0 Å². The van der Waals surface area contributed by atoms with Crippen LogP contribution in [-0.2, 0) is 27.4 Å². The van der Waals surface area contributed by atoms with Crippen LogP contribution >= 0.6 is 0 Å². The van der Waals surface area contributed by atoms with Gasteiger partial charge in [-0.2, -0.15) is 0 Å². The number of likely N-dealkylation sites (N-methyl/N-ethyl adjacent to an activating group) is 1. The zero-order valence-electron chi connectivity index (χ0n) is 11.1. The smallest absolute Gasteiger partial charge is 0.330 e. The highest BCUT2D eigenvalue weighted by molar-refractivity contribution is 6.04. The molecule has 0 spiro atoms. The summed E-state index contributed by atoms with van der Waals surface area (Å²) >= 11 is 0. The third kappa shape index (κ3) is 1.56. The van der Waals surface area contributed by atoms with Crippen molar-refractivity contribution >= 4 is 28.6 Å². The summed E-state index contributed by atoms with van der Waals surface area (Å²) in [6.07, 6.45) is 0. The van der Waals surface area contributed by atoms with Crippen molar-refractivity contribution in [2.45, 2.75) is 13.1 Å². The maximum Gasteiger partial charge on any atom is 0.330 e. The maximum absolute atomic E-state index is 12.4. The third-order valence-electron chi connectivity index (χ3n) is 3.56. The number of para-hydroxylation sites is 1. The molecular weight excluding hydrogens is 262 g/mol. The number of carbonyl (C=O) groups is 2. The summed E-state index contributed by atoms with van der Waals surface area (Å²) in [6, 6.07) is 5.28. The molecule has 7 heteroatoms. The molecule has 20 heavy (non-hydrogen) atoms. The molecule has 1 amide bonds. The maximum atomic E-state index is 12.4. The SMILES string of the molecule is COC(=O)Cn1c(=O)n2c3c(cccc31)N(C)C(=O)C2. The number of nitrogens with zero attached hydrogens (tertiary/aromatic N) is 3. The van der Waals surface area contributed by atoms with Crippen molar-refractivity contribution in [1.29, 1.82) is 0 Å². The van der Waals surface area contributed by atoms with Crippen molar-refractivity contribution in [2.24, 2.45) is 0 Å². The predicted molar refractivity (Wildman–Crippen MR) is 71.6 cm³/mol. The van der Waals surface area contributed by atoms with Gasteiger partial charge in [-0.25, -0.2) is 4.79 Å².